The number of terminal acetylenes is 1. The summed E-state index contributed by atoms with van der Waals surface area (Å²) in [6.07, 6.45) is 7.37. The van der Waals surface area contributed by atoms with Crippen LogP contribution in [0.25, 0.3) is 0 Å². The van der Waals surface area contributed by atoms with E-state index in [0.29, 0.717) is 17.9 Å². The van der Waals surface area contributed by atoms with Crippen LogP contribution >= 0.6 is 0 Å². The maximum absolute atomic E-state index is 11.9. The Hall–Kier alpha value is -2.02. The number of hydrogen-bond acceptors (Lipinski definition) is 3. The first kappa shape index (κ1) is 11.5. The highest BCUT2D eigenvalue weighted by Gasteiger charge is 2.34. The Morgan fingerprint density at radius 3 is 3.00 bits per heavy atom. The summed E-state index contributed by atoms with van der Waals surface area (Å²) in [5.74, 6) is 2.47. The highest BCUT2D eigenvalue weighted by molar-refractivity contribution is 5.90. The summed E-state index contributed by atoms with van der Waals surface area (Å²) in [7, 11) is 0. The van der Waals surface area contributed by atoms with Gasteiger partial charge in [-0.25, -0.2) is 9.78 Å². The lowest BCUT2D eigenvalue weighted by Gasteiger charge is -2.36. The molecule has 0 saturated carbocycles. The summed E-state index contributed by atoms with van der Waals surface area (Å²) >= 11 is 0. The summed E-state index contributed by atoms with van der Waals surface area (Å²) in [5.41, 5.74) is 0.686. The van der Waals surface area contributed by atoms with E-state index >= 15 is 0 Å². The molecule has 0 spiro atoms. The fourth-order valence-electron chi connectivity index (χ4n) is 1.76. The molecule has 1 aromatic heterocycles. The molecule has 0 aromatic carbocycles. The molecular weight excluding hydrogens is 216 g/mol. The third-order valence-corrected chi connectivity index (χ3v) is 2.74. The van der Waals surface area contributed by atoms with Gasteiger partial charge in [-0.2, -0.15) is 0 Å². The van der Waals surface area contributed by atoms with Gasteiger partial charge in [0, 0.05) is 19.2 Å². The molecule has 88 valence electrons. The van der Waals surface area contributed by atoms with Gasteiger partial charge in [0.2, 0.25) is 0 Å². The van der Waals surface area contributed by atoms with Crippen LogP contribution in [0.2, 0.25) is 0 Å². The van der Waals surface area contributed by atoms with Gasteiger partial charge in [-0.05, 0) is 31.9 Å². The van der Waals surface area contributed by atoms with Crippen molar-refractivity contribution in [2.24, 2.45) is 0 Å². The molecule has 0 atom stereocenters. The van der Waals surface area contributed by atoms with Gasteiger partial charge in [0.05, 0.1) is 5.69 Å². The second-order valence-corrected chi connectivity index (χ2v) is 4.54. The highest BCUT2D eigenvalue weighted by Crippen LogP contribution is 2.27. The summed E-state index contributed by atoms with van der Waals surface area (Å²) < 4.78 is 5.33. The number of amides is 1. The van der Waals surface area contributed by atoms with E-state index in [2.05, 4.69) is 10.9 Å². The number of pyridine rings is 1. The Morgan fingerprint density at radius 2 is 2.35 bits per heavy atom. The average Bonchev–Trinajstić information content (AvgIpc) is 2.28. The second-order valence-electron chi connectivity index (χ2n) is 4.54. The number of hydrogen-bond donors (Lipinski definition) is 0. The van der Waals surface area contributed by atoms with Crippen LogP contribution in [0.15, 0.2) is 18.3 Å². The summed E-state index contributed by atoms with van der Waals surface area (Å²) in [6, 6.07) is 3.53. The van der Waals surface area contributed by atoms with E-state index in [4.69, 9.17) is 11.2 Å². The van der Waals surface area contributed by atoms with Gasteiger partial charge in [0.25, 0.3) is 0 Å². The number of cyclic esters (lactones) is 1. The number of aromatic nitrogens is 1. The molecule has 4 nitrogen and oxygen atoms in total. The molecule has 0 aliphatic carbocycles. The minimum absolute atomic E-state index is 0.370. The van der Waals surface area contributed by atoms with Gasteiger partial charge in [-0.15, -0.1) is 6.42 Å². The number of rotatable bonds is 1. The Morgan fingerprint density at radius 1 is 1.59 bits per heavy atom. The SMILES string of the molecule is C#Cc1ncccc1N1CCC(C)(C)OC1=O. The lowest BCUT2D eigenvalue weighted by atomic mass is 10.0. The molecule has 1 amide bonds. The first-order chi connectivity index (χ1) is 8.03. The van der Waals surface area contributed by atoms with E-state index in [0.717, 1.165) is 6.42 Å². The van der Waals surface area contributed by atoms with E-state index in [1.807, 2.05) is 13.8 Å². The summed E-state index contributed by atoms with van der Waals surface area (Å²) in [5, 5.41) is 0. The topological polar surface area (TPSA) is 42.4 Å². The monoisotopic (exact) mass is 230 g/mol. The number of carbonyl (C=O) groups excluding carboxylic acids is 1. The first-order valence-electron chi connectivity index (χ1n) is 5.46. The van der Waals surface area contributed by atoms with Crippen molar-refractivity contribution in [1.82, 2.24) is 4.98 Å². The third kappa shape index (κ3) is 2.23. The average molecular weight is 230 g/mol. The molecule has 1 fully saturated rings. The molecule has 1 saturated heterocycles. The first-order valence-corrected chi connectivity index (χ1v) is 5.46. The van der Waals surface area contributed by atoms with Crippen LogP contribution in [-0.4, -0.2) is 23.2 Å². The largest absolute Gasteiger partial charge is 0.443 e. The predicted octanol–water partition coefficient (Wildman–Crippen LogP) is 2.19. The van der Waals surface area contributed by atoms with Crippen LogP contribution in [0, 0.1) is 12.3 Å². The van der Waals surface area contributed by atoms with E-state index in [-0.39, 0.29) is 6.09 Å². The second kappa shape index (κ2) is 4.10. The number of anilines is 1. The Balaban J connectivity index is 2.30. The van der Waals surface area contributed by atoms with Crippen LogP contribution < -0.4 is 4.90 Å². The van der Waals surface area contributed by atoms with E-state index in [9.17, 15) is 4.79 Å². The van der Waals surface area contributed by atoms with Crippen molar-refractivity contribution in [3.8, 4) is 12.3 Å². The van der Waals surface area contributed by atoms with Gasteiger partial charge >= 0.3 is 6.09 Å². The van der Waals surface area contributed by atoms with Crippen molar-refractivity contribution in [1.29, 1.82) is 0 Å². The highest BCUT2D eigenvalue weighted by atomic mass is 16.6. The van der Waals surface area contributed by atoms with Gasteiger partial charge < -0.3 is 4.74 Å². The normalized spacial score (nSPS) is 18.4. The van der Waals surface area contributed by atoms with Crippen LogP contribution in [0.3, 0.4) is 0 Å². The van der Waals surface area contributed by atoms with Crippen LogP contribution in [-0.2, 0) is 4.74 Å². The zero-order valence-corrected chi connectivity index (χ0v) is 9.93. The Labute approximate surface area is 101 Å². The number of carbonyl (C=O) groups is 1. The van der Waals surface area contributed by atoms with E-state index in [1.54, 1.807) is 18.3 Å². The molecule has 0 radical (unpaired) electrons. The maximum atomic E-state index is 11.9. The van der Waals surface area contributed by atoms with Gasteiger partial charge in [0.1, 0.15) is 11.3 Å². The molecule has 1 aromatic rings. The molecule has 17 heavy (non-hydrogen) atoms. The molecule has 1 aliphatic heterocycles. The minimum Gasteiger partial charge on any atom is -0.443 e. The van der Waals surface area contributed by atoms with Gasteiger partial charge in [-0.1, -0.05) is 0 Å². The molecule has 1 aliphatic rings. The maximum Gasteiger partial charge on any atom is 0.414 e. The lowest BCUT2D eigenvalue weighted by Crippen LogP contribution is -2.47. The molecule has 0 unspecified atom stereocenters. The van der Waals surface area contributed by atoms with Crippen molar-refractivity contribution < 1.29 is 9.53 Å². The standard InChI is InChI=1S/C13H14N2O2/c1-4-10-11(6-5-8-14-10)15-9-7-13(2,3)17-12(15)16/h1,5-6,8H,7,9H2,2-3H3. The third-order valence-electron chi connectivity index (χ3n) is 2.74. The molecule has 0 N–H and O–H groups in total. The quantitative estimate of drug-likeness (QED) is 0.694. The summed E-state index contributed by atoms with van der Waals surface area (Å²) in [4.78, 5) is 17.5. The van der Waals surface area contributed by atoms with Crippen molar-refractivity contribution in [2.45, 2.75) is 25.9 Å². The predicted molar refractivity (Wildman–Crippen MR) is 64.7 cm³/mol. The zero-order valence-electron chi connectivity index (χ0n) is 9.93. The minimum atomic E-state index is -0.411. The molecule has 2 rings (SSSR count). The van der Waals surface area contributed by atoms with E-state index < -0.39 is 5.60 Å². The Kier molecular flexibility index (Phi) is 2.76. The van der Waals surface area contributed by atoms with Gasteiger partial charge in [-0.3, -0.25) is 4.90 Å². The molecule has 0 bridgehead atoms. The Bertz CT molecular complexity index is 488. The van der Waals surface area contributed by atoms with Crippen molar-refractivity contribution in [3.63, 3.8) is 0 Å². The van der Waals surface area contributed by atoms with Crippen molar-refractivity contribution in [3.05, 3.63) is 24.0 Å². The number of nitrogens with zero attached hydrogens (tertiary/aromatic N) is 2. The van der Waals surface area contributed by atoms with Crippen LogP contribution in [0.4, 0.5) is 10.5 Å². The van der Waals surface area contributed by atoms with Gasteiger partial charge in [0.15, 0.2) is 0 Å². The van der Waals surface area contributed by atoms with Crippen LogP contribution in [0.5, 0.6) is 0 Å². The molecular formula is C13H14N2O2. The molecule has 2 heterocycles. The fraction of sp³-hybridized carbons (Fsp3) is 0.385. The van der Waals surface area contributed by atoms with E-state index in [1.165, 1.54) is 4.90 Å². The lowest BCUT2D eigenvalue weighted by molar-refractivity contribution is 0.0236. The fourth-order valence-corrected chi connectivity index (χ4v) is 1.76. The molecule has 4 heteroatoms. The smallest absolute Gasteiger partial charge is 0.414 e. The zero-order chi connectivity index (χ0) is 12.5. The summed E-state index contributed by atoms with van der Waals surface area (Å²) in [6.45, 7) is 4.38. The van der Waals surface area contributed by atoms with Crippen molar-refractivity contribution >= 4 is 11.8 Å². The van der Waals surface area contributed by atoms with Crippen LogP contribution in [0.1, 0.15) is 26.0 Å². The van der Waals surface area contributed by atoms with Crippen molar-refractivity contribution in [2.75, 3.05) is 11.4 Å². The number of ether oxygens (including phenoxy) is 1.